The number of rotatable bonds is 3. The fourth-order valence-electron chi connectivity index (χ4n) is 2.17. The first kappa shape index (κ1) is 13.2. The number of aryl methyl sites for hydroxylation is 1. The van der Waals surface area contributed by atoms with E-state index in [0.29, 0.717) is 30.3 Å². The summed E-state index contributed by atoms with van der Waals surface area (Å²) >= 11 is 6.15. The molecule has 98 valence electrons. The van der Waals surface area contributed by atoms with E-state index in [0.717, 1.165) is 11.3 Å². The number of nitrogens with two attached hydrogens (primary N) is 1. The van der Waals surface area contributed by atoms with E-state index in [-0.39, 0.29) is 11.9 Å². The van der Waals surface area contributed by atoms with E-state index in [9.17, 15) is 4.79 Å². The molecule has 0 saturated carbocycles. The fourth-order valence-corrected chi connectivity index (χ4v) is 2.38. The predicted molar refractivity (Wildman–Crippen MR) is 72.3 cm³/mol. The molecule has 1 fully saturated rings. The van der Waals surface area contributed by atoms with E-state index >= 15 is 0 Å². The van der Waals surface area contributed by atoms with Gasteiger partial charge in [-0.15, -0.1) is 0 Å². The van der Waals surface area contributed by atoms with Crippen LogP contribution < -0.4 is 15.4 Å². The second-order valence-corrected chi connectivity index (χ2v) is 4.88. The maximum absolute atomic E-state index is 11.8. The third kappa shape index (κ3) is 2.44. The van der Waals surface area contributed by atoms with E-state index in [1.165, 1.54) is 0 Å². The molecule has 0 aliphatic carbocycles. The van der Waals surface area contributed by atoms with Crippen LogP contribution in [0.4, 0.5) is 5.69 Å². The highest BCUT2D eigenvalue weighted by atomic mass is 35.5. The Kier molecular flexibility index (Phi) is 3.78. The topological polar surface area (TPSA) is 55.6 Å². The van der Waals surface area contributed by atoms with Gasteiger partial charge in [0.05, 0.1) is 11.6 Å². The van der Waals surface area contributed by atoms with Crippen LogP contribution in [0.1, 0.15) is 18.9 Å². The molecule has 4 nitrogen and oxygen atoms in total. The second-order valence-electron chi connectivity index (χ2n) is 4.47. The summed E-state index contributed by atoms with van der Waals surface area (Å²) in [6.07, 6.45) is 0.393. The quantitative estimate of drug-likeness (QED) is 0.913. The van der Waals surface area contributed by atoms with Crippen molar-refractivity contribution in [3.8, 4) is 5.75 Å². The molecule has 1 heterocycles. The lowest BCUT2D eigenvalue weighted by Gasteiger charge is -2.20. The molecular weight excluding hydrogens is 252 g/mol. The monoisotopic (exact) mass is 268 g/mol. The Morgan fingerprint density at radius 3 is 2.83 bits per heavy atom. The van der Waals surface area contributed by atoms with Gasteiger partial charge in [-0.05, 0) is 31.5 Å². The zero-order valence-corrected chi connectivity index (χ0v) is 11.3. The zero-order valence-electron chi connectivity index (χ0n) is 10.6. The van der Waals surface area contributed by atoms with Crippen molar-refractivity contribution in [1.82, 2.24) is 0 Å². The maximum Gasteiger partial charge on any atom is 0.228 e. The Morgan fingerprint density at radius 2 is 2.28 bits per heavy atom. The van der Waals surface area contributed by atoms with Crippen LogP contribution in [-0.2, 0) is 4.79 Å². The van der Waals surface area contributed by atoms with E-state index < -0.39 is 0 Å². The van der Waals surface area contributed by atoms with Gasteiger partial charge >= 0.3 is 0 Å². The number of hydrogen-bond acceptors (Lipinski definition) is 3. The Bertz CT molecular complexity index is 476. The van der Waals surface area contributed by atoms with Crippen molar-refractivity contribution >= 4 is 23.2 Å². The first-order valence-corrected chi connectivity index (χ1v) is 6.39. The van der Waals surface area contributed by atoms with E-state index in [1.54, 1.807) is 11.0 Å². The highest BCUT2D eigenvalue weighted by molar-refractivity contribution is 6.32. The van der Waals surface area contributed by atoms with Gasteiger partial charge in [0, 0.05) is 24.7 Å². The van der Waals surface area contributed by atoms with Crippen molar-refractivity contribution in [2.75, 3.05) is 18.1 Å². The number of benzene rings is 1. The molecule has 1 aliphatic rings. The summed E-state index contributed by atoms with van der Waals surface area (Å²) < 4.78 is 5.42. The third-order valence-electron chi connectivity index (χ3n) is 3.00. The van der Waals surface area contributed by atoms with Crippen molar-refractivity contribution in [1.29, 1.82) is 0 Å². The summed E-state index contributed by atoms with van der Waals surface area (Å²) in [5, 5.41) is 0.519. The van der Waals surface area contributed by atoms with Gasteiger partial charge in [-0.3, -0.25) is 4.79 Å². The van der Waals surface area contributed by atoms with Crippen LogP contribution in [-0.4, -0.2) is 25.1 Å². The van der Waals surface area contributed by atoms with Crippen molar-refractivity contribution in [3.05, 3.63) is 22.7 Å². The number of carbonyl (C=O) groups is 1. The summed E-state index contributed by atoms with van der Waals surface area (Å²) in [6, 6.07) is 3.54. The van der Waals surface area contributed by atoms with Crippen molar-refractivity contribution < 1.29 is 9.53 Å². The molecule has 1 atom stereocenters. The summed E-state index contributed by atoms with van der Waals surface area (Å²) in [7, 11) is 0. The third-order valence-corrected chi connectivity index (χ3v) is 3.29. The number of ether oxygens (including phenoxy) is 1. The van der Waals surface area contributed by atoms with Crippen LogP contribution in [0.25, 0.3) is 0 Å². The number of nitrogens with zero attached hydrogens (tertiary/aromatic N) is 1. The Labute approximate surface area is 112 Å². The molecule has 5 heteroatoms. The zero-order chi connectivity index (χ0) is 13.3. The van der Waals surface area contributed by atoms with Crippen LogP contribution in [0.15, 0.2) is 12.1 Å². The molecule has 0 radical (unpaired) electrons. The number of carbonyl (C=O) groups excluding carboxylic acids is 1. The Balaban J connectivity index is 2.34. The molecule has 0 aromatic heterocycles. The first-order chi connectivity index (χ1) is 8.52. The fraction of sp³-hybridized carbons (Fsp3) is 0.462. The average Bonchev–Trinajstić information content (AvgIpc) is 2.63. The number of anilines is 1. The molecule has 2 N–H and O–H groups in total. The van der Waals surface area contributed by atoms with E-state index in [1.807, 2.05) is 19.9 Å². The smallest absolute Gasteiger partial charge is 0.228 e. The molecule has 1 unspecified atom stereocenters. The molecule has 0 spiro atoms. The van der Waals surface area contributed by atoms with Crippen LogP contribution >= 0.6 is 11.6 Å². The summed E-state index contributed by atoms with van der Waals surface area (Å²) in [5.74, 6) is 0.696. The van der Waals surface area contributed by atoms with Gasteiger partial charge in [-0.25, -0.2) is 0 Å². The SMILES string of the molecule is CCOc1cc(C)c(N2CC(N)CC2=O)cc1Cl. The lowest BCUT2D eigenvalue weighted by molar-refractivity contribution is -0.117. The van der Waals surface area contributed by atoms with Crippen LogP contribution in [0.2, 0.25) is 5.02 Å². The molecule has 1 aromatic rings. The van der Waals surface area contributed by atoms with Gasteiger partial charge in [0.15, 0.2) is 0 Å². The Hall–Kier alpha value is -1.26. The largest absolute Gasteiger partial charge is 0.492 e. The summed E-state index contributed by atoms with van der Waals surface area (Å²) in [4.78, 5) is 13.5. The summed E-state index contributed by atoms with van der Waals surface area (Å²) in [6.45, 7) is 4.95. The maximum atomic E-state index is 11.8. The normalized spacial score (nSPS) is 19.4. The molecule has 0 bridgehead atoms. The van der Waals surface area contributed by atoms with Crippen LogP contribution in [0, 0.1) is 6.92 Å². The van der Waals surface area contributed by atoms with Crippen molar-refractivity contribution in [3.63, 3.8) is 0 Å². The number of amides is 1. The van der Waals surface area contributed by atoms with Gasteiger partial charge < -0.3 is 15.4 Å². The Morgan fingerprint density at radius 1 is 1.56 bits per heavy atom. The predicted octanol–water partition coefficient (Wildman–Crippen LogP) is 2.11. The minimum Gasteiger partial charge on any atom is -0.492 e. The first-order valence-electron chi connectivity index (χ1n) is 6.01. The molecule has 1 aliphatic heterocycles. The molecule has 1 saturated heterocycles. The molecule has 1 aromatic carbocycles. The molecular formula is C13H17ClN2O2. The van der Waals surface area contributed by atoms with Crippen molar-refractivity contribution in [2.45, 2.75) is 26.3 Å². The lowest BCUT2D eigenvalue weighted by atomic mass is 10.1. The van der Waals surface area contributed by atoms with Gasteiger partial charge in [-0.2, -0.15) is 0 Å². The summed E-state index contributed by atoms with van der Waals surface area (Å²) in [5.41, 5.74) is 7.58. The van der Waals surface area contributed by atoms with Gasteiger partial charge in [0.2, 0.25) is 5.91 Å². The molecule has 18 heavy (non-hydrogen) atoms. The van der Waals surface area contributed by atoms with Crippen LogP contribution in [0.5, 0.6) is 5.75 Å². The number of halogens is 1. The van der Waals surface area contributed by atoms with Gasteiger partial charge in [0.25, 0.3) is 0 Å². The molecule has 2 rings (SSSR count). The second kappa shape index (κ2) is 5.16. The minimum absolute atomic E-state index is 0.0471. The highest BCUT2D eigenvalue weighted by Crippen LogP contribution is 2.34. The van der Waals surface area contributed by atoms with E-state index in [4.69, 9.17) is 22.1 Å². The minimum atomic E-state index is -0.0951. The standard InChI is InChI=1S/C13H17ClN2O2/c1-3-18-12-4-8(2)11(6-10(12)14)16-7-9(15)5-13(16)17/h4,6,9H,3,5,7,15H2,1-2H3. The van der Waals surface area contributed by atoms with Gasteiger partial charge in [0.1, 0.15) is 5.75 Å². The average molecular weight is 269 g/mol. The molecule has 1 amide bonds. The van der Waals surface area contributed by atoms with Crippen LogP contribution in [0.3, 0.4) is 0 Å². The van der Waals surface area contributed by atoms with Gasteiger partial charge in [-0.1, -0.05) is 11.6 Å². The highest BCUT2D eigenvalue weighted by Gasteiger charge is 2.29. The van der Waals surface area contributed by atoms with Crippen molar-refractivity contribution in [2.24, 2.45) is 5.73 Å². The van der Waals surface area contributed by atoms with E-state index in [2.05, 4.69) is 0 Å². The lowest BCUT2D eigenvalue weighted by Crippen LogP contribution is -2.28. The number of hydrogen-bond donors (Lipinski definition) is 1.